The van der Waals surface area contributed by atoms with E-state index in [-0.39, 0.29) is 11.2 Å². The van der Waals surface area contributed by atoms with Gasteiger partial charge in [0.05, 0.1) is 11.5 Å². The van der Waals surface area contributed by atoms with Gasteiger partial charge in [-0.15, -0.1) is 0 Å². The van der Waals surface area contributed by atoms with Crippen molar-refractivity contribution in [3.63, 3.8) is 0 Å². The van der Waals surface area contributed by atoms with E-state index in [0.717, 1.165) is 6.42 Å². The Morgan fingerprint density at radius 1 is 1.73 bits per heavy atom. The first-order valence-corrected chi connectivity index (χ1v) is 4.07. The van der Waals surface area contributed by atoms with E-state index in [0.29, 0.717) is 18.8 Å². The summed E-state index contributed by atoms with van der Waals surface area (Å²) in [5.41, 5.74) is -0.300. The van der Waals surface area contributed by atoms with Gasteiger partial charge in [-0.1, -0.05) is 20.3 Å². The zero-order valence-electron chi connectivity index (χ0n) is 7.05. The molecule has 60 valence electrons. The second-order valence-electron chi connectivity index (χ2n) is 3.47. The number of Topliss-reactive ketones (excluding diaryl/α,β-unsaturated/α-hetero) is 1. The Kier molecular flexibility index (Phi) is 1.99. The van der Waals surface area contributed by atoms with Crippen molar-refractivity contribution in [3.05, 3.63) is 0 Å². The summed E-state index contributed by atoms with van der Waals surface area (Å²) >= 11 is 0. The van der Waals surface area contributed by atoms with Gasteiger partial charge in [-0.25, -0.2) is 0 Å². The van der Waals surface area contributed by atoms with Crippen LogP contribution in [-0.4, -0.2) is 5.78 Å². The number of carbonyl (C=O) groups excluding carboxylic acids is 1. The molecular weight excluding hydrogens is 138 g/mol. The van der Waals surface area contributed by atoms with Gasteiger partial charge in [0, 0.05) is 12.8 Å². The molecular formula is C9H13NO. The molecule has 1 atom stereocenters. The Morgan fingerprint density at radius 2 is 2.27 bits per heavy atom. The standard InChI is InChI=1S/C9H13NO/c1-3-7(2)9(6-10)4-8(11)5-9/h7H,3-5H2,1-2H3. The minimum Gasteiger partial charge on any atom is -0.300 e. The molecule has 0 aromatic carbocycles. The van der Waals surface area contributed by atoms with E-state index in [2.05, 4.69) is 19.9 Å². The van der Waals surface area contributed by atoms with Gasteiger partial charge in [-0.05, 0) is 5.92 Å². The van der Waals surface area contributed by atoms with E-state index < -0.39 is 0 Å². The van der Waals surface area contributed by atoms with Gasteiger partial charge in [0.2, 0.25) is 0 Å². The van der Waals surface area contributed by atoms with E-state index in [1.54, 1.807) is 0 Å². The van der Waals surface area contributed by atoms with Crippen LogP contribution in [-0.2, 0) is 4.79 Å². The van der Waals surface area contributed by atoms with Crippen LogP contribution in [0.4, 0.5) is 0 Å². The van der Waals surface area contributed by atoms with Crippen LogP contribution in [0.2, 0.25) is 0 Å². The third kappa shape index (κ3) is 1.16. The van der Waals surface area contributed by atoms with Gasteiger partial charge < -0.3 is 0 Å². The molecule has 0 bridgehead atoms. The third-order valence-electron chi connectivity index (χ3n) is 2.80. The molecule has 1 aliphatic carbocycles. The van der Waals surface area contributed by atoms with Crippen molar-refractivity contribution in [3.8, 4) is 6.07 Å². The minimum absolute atomic E-state index is 0.242. The Bertz CT molecular complexity index is 206. The second-order valence-corrected chi connectivity index (χ2v) is 3.47. The first kappa shape index (κ1) is 8.26. The molecule has 2 nitrogen and oxygen atoms in total. The Balaban J connectivity index is 2.66. The van der Waals surface area contributed by atoms with Crippen molar-refractivity contribution >= 4 is 5.78 Å². The molecule has 0 radical (unpaired) electrons. The highest BCUT2D eigenvalue weighted by Gasteiger charge is 2.47. The van der Waals surface area contributed by atoms with Gasteiger partial charge in [0.1, 0.15) is 5.78 Å². The topological polar surface area (TPSA) is 40.9 Å². The highest BCUT2D eigenvalue weighted by Crippen LogP contribution is 2.45. The Morgan fingerprint density at radius 3 is 2.55 bits per heavy atom. The lowest BCUT2D eigenvalue weighted by Crippen LogP contribution is -2.41. The molecule has 1 saturated carbocycles. The van der Waals surface area contributed by atoms with Crippen molar-refractivity contribution in [1.82, 2.24) is 0 Å². The summed E-state index contributed by atoms with van der Waals surface area (Å²) in [6, 6.07) is 2.28. The van der Waals surface area contributed by atoms with E-state index in [1.807, 2.05) is 0 Å². The molecule has 0 aliphatic heterocycles. The minimum atomic E-state index is -0.300. The third-order valence-corrected chi connectivity index (χ3v) is 2.80. The lowest BCUT2D eigenvalue weighted by atomic mass is 9.61. The number of hydrogen-bond acceptors (Lipinski definition) is 2. The van der Waals surface area contributed by atoms with Gasteiger partial charge in [-0.3, -0.25) is 4.79 Å². The fourth-order valence-corrected chi connectivity index (χ4v) is 1.58. The van der Waals surface area contributed by atoms with Crippen LogP contribution in [0.5, 0.6) is 0 Å². The summed E-state index contributed by atoms with van der Waals surface area (Å²) < 4.78 is 0. The smallest absolute Gasteiger partial charge is 0.136 e. The van der Waals surface area contributed by atoms with Crippen LogP contribution in [0.25, 0.3) is 0 Å². The number of carbonyl (C=O) groups is 1. The average molecular weight is 151 g/mol. The first-order chi connectivity index (χ1) is 5.14. The lowest BCUT2D eigenvalue weighted by Gasteiger charge is -2.38. The number of ketones is 1. The van der Waals surface area contributed by atoms with Crippen molar-refractivity contribution in [2.24, 2.45) is 11.3 Å². The fourth-order valence-electron chi connectivity index (χ4n) is 1.58. The molecule has 1 aliphatic rings. The zero-order valence-corrected chi connectivity index (χ0v) is 7.05. The van der Waals surface area contributed by atoms with Gasteiger partial charge in [0.25, 0.3) is 0 Å². The molecule has 0 saturated heterocycles. The fraction of sp³-hybridized carbons (Fsp3) is 0.778. The van der Waals surface area contributed by atoms with Crippen LogP contribution in [0.15, 0.2) is 0 Å². The average Bonchev–Trinajstić information content (AvgIpc) is 1.96. The molecule has 1 unspecified atom stereocenters. The molecule has 0 heterocycles. The maximum Gasteiger partial charge on any atom is 0.136 e. The van der Waals surface area contributed by atoms with Crippen LogP contribution in [0, 0.1) is 22.7 Å². The molecule has 0 aromatic rings. The largest absolute Gasteiger partial charge is 0.300 e. The van der Waals surface area contributed by atoms with Gasteiger partial charge >= 0.3 is 0 Å². The summed E-state index contributed by atoms with van der Waals surface area (Å²) in [6.07, 6.45) is 1.96. The van der Waals surface area contributed by atoms with Crippen LogP contribution in [0.3, 0.4) is 0 Å². The van der Waals surface area contributed by atoms with E-state index in [1.165, 1.54) is 0 Å². The van der Waals surface area contributed by atoms with Crippen molar-refractivity contribution < 1.29 is 4.79 Å². The van der Waals surface area contributed by atoms with Crippen LogP contribution in [0.1, 0.15) is 33.1 Å². The number of rotatable bonds is 2. The monoisotopic (exact) mass is 151 g/mol. The van der Waals surface area contributed by atoms with Crippen molar-refractivity contribution in [2.45, 2.75) is 33.1 Å². The number of hydrogen-bond donors (Lipinski definition) is 0. The molecule has 11 heavy (non-hydrogen) atoms. The van der Waals surface area contributed by atoms with Crippen molar-refractivity contribution in [1.29, 1.82) is 5.26 Å². The maximum absolute atomic E-state index is 10.7. The van der Waals surface area contributed by atoms with E-state index in [9.17, 15) is 4.79 Å². The van der Waals surface area contributed by atoms with Crippen molar-refractivity contribution in [2.75, 3.05) is 0 Å². The number of nitrogens with zero attached hydrogens (tertiary/aromatic N) is 1. The molecule has 0 aromatic heterocycles. The Hall–Kier alpha value is -0.840. The summed E-state index contributed by atoms with van der Waals surface area (Å²) in [7, 11) is 0. The molecule has 1 rings (SSSR count). The predicted octanol–water partition coefficient (Wildman–Crippen LogP) is 1.91. The lowest BCUT2D eigenvalue weighted by molar-refractivity contribution is -0.132. The van der Waals surface area contributed by atoms with Crippen LogP contribution < -0.4 is 0 Å². The van der Waals surface area contributed by atoms with Gasteiger partial charge in [-0.2, -0.15) is 5.26 Å². The Labute approximate surface area is 67.2 Å². The highest BCUT2D eigenvalue weighted by atomic mass is 16.1. The molecule has 1 fully saturated rings. The second kappa shape index (κ2) is 2.65. The SMILES string of the molecule is CCC(C)C1(C#N)CC(=O)C1. The summed E-state index contributed by atoms with van der Waals surface area (Å²) in [4.78, 5) is 10.7. The summed E-state index contributed by atoms with van der Waals surface area (Å²) in [5, 5.41) is 8.85. The molecule has 0 spiro atoms. The van der Waals surface area contributed by atoms with E-state index >= 15 is 0 Å². The predicted molar refractivity (Wildman–Crippen MR) is 41.7 cm³/mol. The van der Waals surface area contributed by atoms with E-state index in [4.69, 9.17) is 5.26 Å². The molecule has 2 heteroatoms. The van der Waals surface area contributed by atoms with Crippen LogP contribution >= 0.6 is 0 Å². The molecule has 0 N–H and O–H groups in total. The maximum atomic E-state index is 10.7. The summed E-state index contributed by atoms with van der Waals surface area (Å²) in [5.74, 6) is 0.608. The first-order valence-electron chi connectivity index (χ1n) is 4.07. The van der Waals surface area contributed by atoms with Gasteiger partial charge in [0.15, 0.2) is 0 Å². The summed E-state index contributed by atoms with van der Waals surface area (Å²) in [6.45, 7) is 4.11. The quantitative estimate of drug-likeness (QED) is 0.604. The normalized spacial score (nSPS) is 23.5. The zero-order chi connectivity index (χ0) is 8.48. The number of nitriles is 1. The molecule has 0 amide bonds. The highest BCUT2D eigenvalue weighted by molar-refractivity contribution is 5.87.